The first-order valence-corrected chi connectivity index (χ1v) is 4.59. The van der Waals surface area contributed by atoms with Crippen LogP contribution in [0.3, 0.4) is 0 Å². The van der Waals surface area contributed by atoms with Crippen molar-refractivity contribution in [2.24, 2.45) is 0 Å². The second-order valence-corrected chi connectivity index (χ2v) is 2.98. The average molecular weight is 194 g/mol. The zero-order chi connectivity index (χ0) is 10.4. The van der Waals surface area contributed by atoms with Gasteiger partial charge in [-0.3, -0.25) is 5.32 Å². The lowest BCUT2D eigenvalue weighted by atomic mass is 10.3. The number of rotatable bonds is 3. The number of carbonyl (C=O) groups excluding carboxylic acids is 1. The fraction of sp³-hybridized carbons (Fsp3) is 0.400. The number of pyridine rings is 1. The van der Waals surface area contributed by atoms with Gasteiger partial charge in [0.25, 0.3) is 0 Å². The first kappa shape index (κ1) is 10.5. The van der Waals surface area contributed by atoms with Crippen molar-refractivity contribution < 1.29 is 9.53 Å². The third kappa shape index (κ3) is 3.43. The van der Waals surface area contributed by atoms with E-state index in [1.165, 1.54) is 0 Å². The third-order valence-electron chi connectivity index (χ3n) is 1.58. The number of hydrogen-bond donors (Lipinski definition) is 1. The molecule has 4 heteroatoms. The van der Waals surface area contributed by atoms with Gasteiger partial charge in [-0.2, -0.15) is 0 Å². The molecule has 0 bridgehead atoms. The van der Waals surface area contributed by atoms with Crippen molar-refractivity contribution in [3.63, 3.8) is 0 Å². The van der Waals surface area contributed by atoms with Crippen LogP contribution in [0.4, 0.5) is 10.6 Å². The third-order valence-corrected chi connectivity index (χ3v) is 1.58. The van der Waals surface area contributed by atoms with Crippen LogP contribution in [0.15, 0.2) is 18.3 Å². The number of hydrogen-bond acceptors (Lipinski definition) is 3. The lowest BCUT2D eigenvalue weighted by molar-refractivity contribution is 0.161. The minimum Gasteiger partial charge on any atom is -0.449 e. The molecule has 4 nitrogen and oxygen atoms in total. The molecule has 0 radical (unpaired) electrons. The van der Waals surface area contributed by atoms with E-state index in [4.69, 9.17) is 4.74 Å². The summed E-state index contributed by atoms with van der Waals surface area (Å²) in [6, 6.07) is 3.65. The number of anilines is 1. The Morgan fingerprint density at radius 3 is 3.07 bits per heavy atom. The molecule has 0 saturated carbocycles. The molecule has 0 saturated heterocycles. The molecule has 0 aromatic carbocycles. The fourth-order valence-electron chi connectivity index (χ4n) is 0.940. The number of carbonyl (C=O) groups is 1. The number of nitrogens with zero attached hydrogens (tertiary/aromatic N) is 1. The fourth-order valence-corrected chi connectivity index (χ4v) is 0.940. The van der Waals surface area contributed by atoms with Gasteiger partial charge in [-0.15, -0.1) is 0 Å². The first-order valence-electron chi connectivity index (χ1n) is 4.59. The summed E-state index contributed by atoms with van der Waals surface area (Å²) in [7, 11) is 0. The maximum atomic E-state index is 11.1. The standard InChI is InChI=1S/C10H14N2O2/c1-3-6-14-10(13)12-9-7-8(2)4-5-11-9/h4-5,7H,3,6H2,1-2H3,(H,11,12,13). The van der Waals surface area contributed by atoms with Gasteiger partial charge >= 0.3 is 6.09 Å². The Balaban J connectivity index is 2.47. The van der Waals surface area contributed by atoms with Crippen molar-refractivity contribution in [2.45, 2.75) is 20.3 Å². The molecule has 0 unspecified atom stereocenters. The number of ether oxygens (including phenoxy) is 1. The predicted molar refractivity (Wildman–Crippen MR) is 54.2 cm³/mol. The molecule has 0 fully saturated rings. The second kappa shape index (κ2) is 5.21. The molecule has 76 valence electrons. The van der Waals surface area contributed by atoms with Gasteiger partial charge in [0.05, 0.1) is 6.61 Å². The van der Waals surface area contributed by atoms with E-state index in [0.29, 0.717) is 12.4 Å². The van der Waals surface area contributed by atoms with Gasteiger partial charge in [-0.25, -0.2) is 9.78 Å². The largest absolute Gasteiger partial charge is 0.449 e. The minimum atomic E-state index is -0.454. The number of nitrogens with one attached hydrogen (secondary N) is 1. The van der Waals surface area contributed by atoms with Crippen LogP contribution in [0.25, 0.3) is 0 Å². The minimum absolute atomic E-state index is 0.428. The Morgan fingerprint density at radius 2 is 2.43 bits per heavy atom. The number of amides is 1. The summed E-state index contributed by atoms with van der Waals surface area (Å²) in [5, 5.41) is 2.55. The molecule has 0 aliphatic heterocycles. The van der Waals surface area contributed by atoms with Crippen LogP contribution in [-0.4, -0.2) is 17.7 Å². The highest BCUT2D eigenvalue weighted by atomic mass is 16.5. The van der Waals surface area contributed by atoms with E-state index in [-0.39, 0.29) is 0 Å². The normalized spacial score (nSPS) is 9.57. The van der Waals surface area contributed by atoms with Gasteiger partial charge < -0.3 is 4.74 Å². The van der Waals surface area contributed by atoms with Crippen LogP contribution in [0.2, 0.25) is 0 Å². The van der Waals surface area contributed by atoms with Crippen LogP contribution >= 0.6 is 0 Å². The van der Waals surface area contributed by atoms with E-state index < -0.39 is 6.09 Å². The van der Waals surface area contributed by atoms with Crippen LogP contribution in [0.1, 0.15) is 18.9 Å². The SMILES string of the molecule is CCCOC(=O)Nc1cc(C)ccn1. The molecule has 1 rings (SSSR count). The van der Waals surface area contributed by atoms with Gasteiger partial charge in [0, 0.05) is 6.20 Å². The van der Waals surface area contributed by atoms with Gasteiger partial charge in [0.15, 0.2) is 0 Å². The van der Waals surface area contributed by atoms with Gasteiger partial charge in [0.2, 0.25) is 0 Å². The van der Waals surface area contributed by atoms with E-state index in [1.807, 2.05) is 19.9 Å². The summed E-state index contributed by atoms with van der Waals surface area (Å²) < 4.78 is 4.84. The average Bonchev–Trinajstić information content (AvgIpc) is 2.15. The molecule has 0 aliphatic rings. The van der Waals surface area contributed by atoms with Crippen LogP contribution < -0.4 is 5.32 Å². The van der Waals surface area contributed by atoms with Crippen molar-refractivity contribution in [2.75, 3.05) is 11.9 Å². The lowest BCUT2D eigenvalue weighted by Gasteiger charge is -2.05. The molecular weight excluding hydrogens is 180 g/mol. The van der Waals surface area contributed by atoms with Crippen molar-refractivity contribution in [3.8, 4) is 0 Å². The van der Waals surface area contributed by atoms with Crippen molar-refractivity contribution in [1.29, 1.82) is 0 Å². The number of aryl methyl sites for hydroxylation is 1. The summed E-state index contributed by atoms with van der Waals surface area (Å²) in [6.45, 7) is 4.31. The first-order chi connectivity index (χ1) is 6.72. The Hall–Kier alpha value is -1.58. The summed E-state index contributed by atoms with van der Waals surface area (Å²) in [5.74, 6) is 0.520. The molecule has 1 amide bonds. The topological polar surface area (TPSA) is 51.2 Å². The molecule has 1 aromatic rings. The monoisotopic (exact) mass is 194 g/mol. The molecule has 0 atom stereocenters. The van der Waals surface area contributed by atoms with Crippen LogP contribution in [0.5, 0.6) is 0 Å². The summed E-state index contributed by atoms with van der Waals surface area (Å²) in [6.07, 6.45) is 2.00. The Morgan fingerprint density at radius 1 is 1.64 bits per heavy atom. The molecular formula is C10H14N2O2. The van der Waals surface area contributed by atoms with E-state index in [1.54, 1.807) is 12.3 Å². The van der Waals surface area contributed by atoms with Crippen molar-refractivity contribution in [3.05, 3.63) is 23.9 Å². The Kier molecular flexibility index (Phi) is 3.91. The Bertz CT molecular complexity index is 313. The smallest absolute Gasteiger partial charge is 0.412 e. The molecule has 1 heterocycles. The maximum Gasteiger partial charge on any atom is 0.412 e. The summed E-state index contributed by atoms with van der Waals surface area (Å²) in [5.41, 5.74) is 1.05. The molecule has 1 aromatic heterocycles. The van der Waals surface area contributed by atoms with E-state index in [9.17, 15) is 4.79 Å². The summed E-state index contributed by atoms with van der Waals surface area (Å²) >= 11 is 0. The molecule has 1 N–H and O–H groups in total. The lowest BCUT2D eigenvalue weighted by Crippen LogP contribution is -2.14. The van der Waals surface area contributed by atoms with E-state index in [0.717, 1.165) is 12.0 Å². The maximum absolute atomic E-state index is 11.1. The quantitative estimate of drug-likeness (QED) is 0.803. The highest BCUT2D eigenvalue weighted by Crippen LogP contribution is 2.05. The van der Waals surface area contributed by atoms with Crippen molar-refractivity contribution in [1.82, 2.24) is 4.98 Å². The second-order valence-electron chi connectivity index (χ2n) is 2.98. The highest BCUT2D eigenvalue weighted by molar-refractivity contribution is 5.83. The Labute approximate surface area is 83.3 Å². The van der Waals surface area contributed by atoms with Gasteiger partial charge in [-0.1, -0.05) is 6.92 Å². The molecule has 14 heavy (non-hydrogen) atoms. The van der Waals surface area contributed by atoms with Crippen molar-refractivity contribution >= 4 is 11.9 Å². The molecule has 0 aliphatic carbocycles. The summed E-state index contributed by atoms with van der Waals surface area (Å²) in [4.78, 5) is 15.1. The van der Waals surface area contributed by atoms with Gasteiger partial charge in [-0.05, 0) is 31.0 Å². The van der Waals surface area contributed by atoms with E-state index in [2.05, 4.69) is 10.3 Å². The number of aromatic nitrogens is 1. The van der Waals surface area contributed by atoms with Crippen LogP contribution in [-0.2, 0) is 4.74 Å². The highest BCUT2D eigenvalue weighted by Gasteiger charge is 2.02. The van der Waals surface area contributed by atoms with Gasteiger partial charge in [0.1, 0.15) is 5.82 Å². The van der Waals surface area contributed by atoms with E-state index >= 15 is 0 Å². The zero-order valence-electron chi connectivity index (χ0n) is 8.41. The van der Waals surface area contributed by atoms with Crippen LogP contribution in [0, 0.1) is 6.92 Å². The molecule has 0 spiro atoms. The zero-order valence-corrected chi connectivity index (χ0v) is 8.41. The predicted octanol–water partition coefficient (Wildman–Crippen LogP) is 2.35.